The number of hydrogen-bond acceptors (Lipinski definition) is 5. The topological polar surface area (TPSA) is 53.4 Å². The van der Waals surface area contributed by atoms with E-state index in [2.05, 4.69) is 4.98 Å². The molecular weight excluding hydrogens is 372 g/mol. The van der Waals surface area contributed by atoms with Crippen LogP contribution in [0.3, 0.4) is 0 Å². The van der Waals surface area contributed by atoms with Crippen molar-refractivity contribution in [3.05, 3.63) is 75.7 Å². The number of benzene rings is 2. The SMILES string of the molecule is COc1ccc(-c2csc3ncn(Cc4ccc(C)cc4)c(=O)c23)cc1OC. The molecule has 0 saturated carbocycles. The Morgan fingerprint density at radius 1 is 1.04 bits per heavy atom. The zero-order valence-electron chi connectivity index (χ0n) is 15.9. The van der Waals surface area contributed by atoms with Crippen LogP contribution in [0.15, 0.2) is 59.0 Å². The van der Waals surface area contributed by atoms with Crippen LogP contribution in [0.25, 0.3) is 21.3 Å². The highest BCUT2D eigenvalue weighted by molar-refractivity contribution is 7.17. The molecule has 2 aromatic heterocycles. The van der Waals surface area contributed by atoms with Crippen molar-refractivity contribution in [1.29, 1.82) is 0 Å². The van der Waals surface area contributed by atoms with Crippen molar-refractivity contribution in [2.45, 2.75) is 13.5 Å². The van der Waals surface area contributed by atoms with Gasteiger partial charge in [0.15, 0.2) is 11.5 Å². The predicted molar refractivity (Wildman–Crippen MR) is 113 cm³/mol. The van der Waals surface area contributed by atoms with Crippen LogP contribution in [-0.2, 0) is 6.54 Å². The molecule has 0 fully saturated rings. The average molecular weight is 392 g/mol. The highest BCUT2D eigenvalue weighted by Crippen LogP contribution is 2.36. The number of thiophene rings is 1. The molecule has 0 aliphatic carbocycles. The first-order valence-corrected chi connectivity index (χ1v) is 9.73. The fourth-order valence-corrected chi connectivity index (χ4v) is 4.09. The predicted octanol–water partition coefficient (Wildman–Crippen LogP) is 4.50. The quantitative estimate of drug-likeness (QED) is 0.502. The lowest BCUT2D eigenvalue weighted by molar-refractivity contribution is 0.355. The van der Waals surface area contributed by atoms with E-state index in [0.717, 1.165) is 21.5 Å². The van der Waals surface area contributed by atoms with Gasteiger partial charge in [0.1, 0.15) is 4.83 Å². The van der Waals surface area contributed by atoms with Gasteiger partial charge in [0.2, 0.25) is 0 Å². The Kier molecular flexibility index (Phi) is 4.88. The minimum absolute atomic E-state index is 0.0448. The smallest absolute Gasteiger partial charge is 0.263 e. The number of rotatable bonds is 5. The molecule has 2 aromatic carbocycles. The molecule has 0 atom stereocenters. The summed E-state index contributed by atoms with van der Waals surface area (Å²) >= 11 is 1.47. The number of methoxy groups -OCH3 is 2. The molecule has 0 aliphatic rings. The second kappa shape index (κ2) is 7.48. The summed E-state index contributed by atoms with van der Waals surface area (Å²) in [5.74, 6) is 1.28. The van der Waals surface area contributed by atoms with Gasteiger partial charge >= 0.3 is 0 Å². The molecule has 0 bridgehead atoms. The lowest BCUT2D eigenvalue weighted by Gasteiger charge is -2.10. The molecule has 2 heterocycles. The normalized spacial score (nSPS) is 11.0. The minimum Gasteiger partial charge on any atom is -0.493 e. The second-order valence-electron chi connectivity index (χ2n) is 6.56. The zero-order valence-corrected chi connectivity index (χ0v) is 16.7. The molecule has 142 valence electrons. The second-order valence-corrected chi connectivity index (χ2v) is 7.42. The maximum Gasteiger partial charge on any atom is 0.263 e. The Bertz CT molecular complexity index is 1190. The molecule has 5 nitrogen and oxygen atoms in total. The molecule has 0 saturated heterocycles. The Labute approximate surface area is 166 Å². The average Bonchev–Trinajstić information content (AvgIpc) is 3.16. The summed E-state index contributed by atoms with van der Waals surface area (Å²) in [7, 11) is 3.20. The van der Waals surface area contributed by atoms with Crippen LogP contribution in [-0.4, -0.2) is 23.8 Å². The van der Waals surface area contributed by atoms with E-state index in [9.17, 15) is 4.79 Å². The lowest BCUT2D eigenvalue weighted by Crippen LogP contribution is -2.20. The molecule has 4 rings (SSSR count). The number of aryl methyl sites for hydroxylation is 1. The van der Waals surface area contributed by atoms with E-state index < -0.39 is 0 Å². The van der Waals surface area contributed by atoms with E-state index in [1.165, 1.54) is 16.9 Å². The van der Waals surface area contributed by atoms with Crippen molar-refractivity contribution in [2.75, 3.05) is 14.2 Å². The third kappa shape index (κ3) is 3.27. The number of hydrogen-bond donors (Lipinski definition) is 0. The van der Waals surface area contributed by atoms with Gasteiger partial charge in [-0.25, -0.2) is 4.98 Å². The van der Waals surface area contributed by atoms with Crippen molar-refractivity contribution in [3.8, 4) is 22.6 Å². The van der Waals surface area contributed by atoms with Crippen molar-refractivity contribution in [1.82, 2.24) is 9.55 Å². The number of nitrogens with zero attached hydrogens (tertiary/aromatic N) is 2. The maximum atomic E-state index is 13.2. The van der Waals surface area contributed by atoms with Gasteiger partial charge in [0, 0.05) is 10.9 Å². The van der Waals surface area contributed by atoms with E-state index in [0.29, 0.717) is 23.4 Å². The van der Waals surface area contributed by atoms with Gasteiger partial charge < -0.3 is 9.47 Å². The fraction of sp³-hybridized carbons (Fsp3) is 0.182. The third-order valence-electron chi connectivity index (χ3n) is 4.73. The molecule has 6 heteroatoms. The van der Waals surface area contributed by atoms with Gasteiger partial charge in [0.25, 0.3) is 5.56 Å². The summed E-state index contributed by atoms with van der Waals surface area (Å²) in [5, 5.41) is 2.60. The van der Waals surface area contributed by atoms with Crippen LogP contribution >= 0.6 is 11.3 Å². The number of aromatic nitrogens is 2. The van der Waals surface area contributed by atoms with E-state index in [-0.39, 0.29) is 5.56 Å². The zero-order chi connectivity index (χ0) is 19.7. The molecule has 0 unspecified atom stereocenters. The molecule has 0 amide bonds. The largest absolute Gasteiger partial charge is 0.493 e. The first-order chi connectivity index (χ1) is 13.6. The number of ether oxygens (including phenoxy) is 2. The van der Waals surface area contributed by atoms with Gasteiger partial charge in [0.05, 0.1) is 32.5 Å². The van der Waals surface area contributed by atoms with Gasteiger partial charge in [-0.15, -0.1) is 11.3 Å². The highest BCUT2D eigenvalue weighted by atomic mass is 32.1. The monoisotopic (exact) mass is 392 g/mol. The van der Waals surface area contributed by atoms with Crippen molar-refractivity contribution >= 4 is 21.6 Å². The van der Waals surface area contributed by atoms with Crippen LogP contribution in [0.4, 0.5) is 0 Å². The maximum absolute atomic E-state index is 13.2. The van der Waals surface area contributed by atoms with E-state index in [1.807, 2.05) is 54.8 Å². The van der Waals surface area contributed by atoms with Crippen molar-refractivity contribution in [2.24, 2.45) is 0 Å². The summed E-state index contributed by atoms with van der Waals surface area (Å²) in [5.41, 5.74) is 3.97. The molecule has 0 N–H and O–H groups in total. The molecular formula is C22H20N2O3S. The van der Waals surface area contributed by atoms with Crippen molar-refractivity contribution in [3.63, 3.8) is 0 Å². The van der Waals surface area contributed by atoms with E-state index >= 15 is 0 Å². The summed E-state index contributed by atoms with van der Waals surface area (Å²) in [6.45, 7) is 2.54. The Hall–Kier alpha value is -3.12. The molecule has 0 spiro atoms. The summed E-state index contributed by atoms with van der Waals surface area (Å²) < 4.78 is 12.4. The Morgan fingerprint density at radius 3 is 2.50 bits per heavy atom. The first-order valence-electron chi connectivity index (χ1n) is 8.85. The fourth-order valence-electron chi connectivity index (χ4n) is 3.19. The summed E-state index contributed by atoms with van der Waals surface area (Å²) in [6.07, 6.45) is 1.62. The molecule has 0 radical (unpaired) electrons. The van der Waals surface area contributed by atoms with Crippen LogP contribution in [0.1, 0.15) is 11.1 Å². The Balaban J connectivity index is 1.81. The standard InChI is InChI=1S/C22H20N2O3S/c1-14-4-6-15(7-5-14)11-24-13-23-21-20(22(24)25)17(12-28-21)16-8-9-18(26-2)19(10-16)27-3/h4-10,12-13H,11H2,1-3H3. The van der Waals surface area contributed by atoms with Crippen LogP contribution in [0, 0.1) is 6.92 Å². The van der Waals surface area contributed by atoms with Gasteiger partial charge in [-0.3, -0.25) is 9.36 Å². The summed E-state index contributed by atoms with van der Waals surface area (Å²) in [6, 6.07) is 13.8. The number of fused-ring (bicyclic) bond motifs is 1. The molecule has 0 aliphatic heterocycles. The third-order valence-corrected chi connectivity index (χ3v) is 5.62. The van der Waals surface area contributed by atoms with Gasteiger partial charge in [-0.1, -0.05) is 35.9 Å². The van der Waals surface area contributed by atoms with Crippen LogP contribution in [0.2, 0.25) is 0 Å². The van der Waals surface area contributed by atoms with Gasteiger partial charge in [-0.2, -0.15) is 0 Å². The molecule has 4 aromatic rings. The van der Waals surface area contributed by atoms with E-state index in [1.54, 1.807) is 25.1 Å². The van der Waals surface area contributed by atoms with Crippen LogP contribution in [0.5, 0.6) is 11.5 Å². The first kappa shape index (κ1) is 18.3. The van der Waals surface area contributed by atoms with Gasteiger partial charge in [-0.05, 0) is 30.2 Å². The highest BCUT2D eigenvalue weighted by Gasteiger charge is 2.15. The van der Waals surface area contributed by atoms with Crippen molar-refractivity contribution < 1.29 is 9.47 Å². The Morgan fingerprint density at radius 2 is 1.79 bits per heavy atom. The summed E-state index contributed by atoms with van der Waals surface area (Å²) in [4.78, 5) is 18.4. The lowest BCUT2D eigenvalue weighted by atomic mass is 10.1. The minimum atomic E-state index is -0.0448. The van der Waals surface area contributed by atoms with Crippen LogP contribution < -0.4 is 15.0 Å². The van der Waals surface area contributed by atoms with E-state index in [4.69, 9.17) is 9.47 Å². The molecule has 28 heavy (non-hydrogen) atoms.